The van der Waals surface area contributed by atoms with Crippen molar-refractivity contribution in [2.45, 2.75) is 6.92 Å². The van der Waals surface area contributed by atoms with Crippen LogP contribution in [0.2, 0.25) is 5.02 Å². The SMILES string of the molecule is Cc1cc(Cl)ccc1NC(=O)/C(C#N)=C\N(C)C. The van der Waals surface area contributed by atoms with Crippen molar-refractivity contribution in [2.75, 3.05) is 19.4 Å². The molecule has 0 aliphatic carbocycles. The van der Waals surface area contributed by atoms with Crippen LogP contribution in [0, 0.1) is 18.3 Å². The van der Waals surface area contributed by atoms with Gasteiger partial charge in [-0.2, -0.15) is 5.26 Å². The molecule has 94 valence electrons. The van der Waals surface area contributed by atoms with Crippen molar-refractivity contribution in [3.8, 4) is 6.07 Å². The van der Waals surface area contributed by atoms with Crippen molar-refractivity contribution in [3.63, 3.8) is 0 Å². The molecule has 0 aromatic heterocycles. The average molecular weight is 264 g/mol. The smallest absolute Gasteiger partial charge is 0.267 e. The topological polar surface area (TPSA) is 56.1 Å². The number of hydrogen-bond donors (Lipinski definition) is 1. The highest BCUT2D eigenvalue weighted by Crippen LogP contribution is 2.20. The van der Waals surface area contributed by atoms with Gasteiger partial charge in [0.05, 0.1) is 0 Å². The molecule has 0 radical (unpaired) electrons. The van der Waals surface area contributed by atoms with Crippen molar-refractivity contribution in [1.29, 1.82) is 5.26 Å². The lowest BCUT2D eigenvalue weighted by Gasteiger charge is -2.09. The Kier molecular flexibility index (Phi) is 4.75. The monoisotopic (exact) mass is 263 g/mol. The van der Waals surface area contributed by atoms with E-state index in [1.54, 1.807) is 37.2 Å². The second-order valence-electron chi connectivity index (χ2n) is 4.03. The van der Waals surface area contributed by atoms with Gasteiger partial charge in [-0.25, -0.2) is 0 Å². The van der Waals surface area contributed by atoms with E-state index in [9.17, 15) is 4.79 Å². The summed E-state index contributed by atoms with van der Waals surface area (Å²) in [5, 5.41) is 12.2. The molecule has 0 saturated carbocycles. The quantitative estimate of drug-likeness (QED) is 0.674. The summed E-state index contributed by atoms with van der Waals surface area (Å²) in [6.45, 7) is 1.84. The first-order valence-corrected chi connectivity index (χ1v) is 5.67. The number of halogens is 1. The first kappa shape index (κ1) is 14.1. The number of aryl methyl sites for hydroxylation is 1. The fourth-order valence-corrected chi connectivity index (χ4v) is 1.58. The Morgan fingerprint density at radius 2 is 2.17 bits per heavy atom. The molecule has 0 fully saturated rings. The number of carbonyl (C=O) groups excluding carboxylic acids is 1. The Morgan fingerprint density at radius 1 is 1.50 bits per heavy atom. The minimum absolute atomic E-state index is 0.0503. The predicted octanol–water partition coefficient (Wildman–Crippen LogP) is 2.56. The first-order valence-electron chi connectivity index (χ1n) is 5.30. The highest BCUT2D eigenvalue weighted by Gasteiger charge is 2.10. The molecule has 1 N–H and O–H groups in total. The molecule has 1 amide bonds. The van der Waals surface area contributed by atoms with Crippen molar-refractivity contribution < 1.29 is 4.79 Å². The molecule has 1 rings (SSSR count). The van der Waals surface area contributed by atoms with Gasteiger partial charge in [-0.05, 0) is 30.7 Å². The molecule has 0 unspecified atom stereocenters. The number of amides is 1. The maximum absolute atomic E-state index is 11.9. The van der Waals surface area contributed by atoms with Gasteiger partial charge in [-0.3, -0.25) is 4.79 Å². The van der Waals surface area contributed by atoms with Crippen molar-refractivity contribution in [1.82, 2.24) is 4.90 Å². The van der Waals surface area contributed by atoms with E-state index in [-0.39, 0.29) is 5.57 Å². The number of hydrogen-bond acceptors (Lipinski definition) is 3. The lowest BCUT2D eigenvalue weighted by molar-refractivity contribution is -0.112. The maximum Gasteiger partial charge on any atom is 0.267 e. The Labute approximate surface area is 111 Å². The van der Waals surface area contributed by atoms with Gasteiger partial charge in [0, 0.05) is 31.0 Å². The third kappa shape index (κ3) is 3.79. The van der Waals surface area contributed by atoms with E-state index < -0.39 is 5.91 Å². The molecule has 4 nitrogen and oxygen atoms in total. The number of benzene rings is 1. The molecule has 0 heterocycles. The highest BCUT2D eigenvalue weighted by atomic mass is 35.5. The summed E-state index contributed by atoms with van der Waals surface area (Å²) in [6.07, 6.45) is 1.47. The van der Waals surface area contributed by atoms with Crippen molar-refractivity contribution in [3.05, 3.63) is 40.6 Å². The Hall–Kier alpha value is -1.99. The number of nitrogens with zero attached hydrogens (tertiary/aromatic N) is 2. The van der Waals surface area contributed by atoms with Gasteiger partial charge in [-0.15, -0.1) is 0 Å². The van der Waals surface area contributed by atoms with Crippen LogP contribution in [0.1, 0.15) is 5.56 Å². The van der Waals surface area contributed by atoms with Crippen LogP contribution in [0.15, 0.2) is 30.0 Å². The van der Waals surface area contributed by atoms with E-state index in [2.05, 4.69) is 5.32 Å². The van der Waals surface area contributed by atoms with Gasteiger partial charge in [0.1, 0.15) is 11.6 Å². The minimum atomic E-state index is -0.434. The predicted molar refractivity (Wildman–Crippen MR) is 72.2 cm³/mol. The zero-order valence-electron chi connectivity index (χ0n) is 10.5. The average Bonchev–Trinajstić information content (AvgIpc) is 2.29. The molecule has 0 bridgehead atoms. The summed E-state index contributed by atoms with van der Waals surface area (Å²) >= 11 is 5.83. The second kappa shape index (κ2) is 6.08. The van der Waals surface area contributed by atoms with E-state index in [1.807, 2.05) is 13.0 Å². The first-order chi connectivity index (χ1) is 8.43. The molecule has 18 heavy (non-hydrogen) atoms. The Bertz CT molecular complexity index is 530. The molecule has 0 aliphatic rings. The van der Waals surface area contributed by atoms with Crippen molar-refractivity contribution >= 4 is 23.2 Å². The van der Waals surface area contributed by atoms with Crippen molar-refractivity contribution in [2.24, 2.45) is 0 Å². The van der Waals surface area contributed by atoms with Crippen LogP contribution >= 0.6 is 11.6 Å². The van der Waals surface area contributed by atoms with Crippen LogP contribution in [0.5, 0.6) is 0 Å². The van der Waals surface area contributed by atoms with Crippen LogP contribution in [0.3, 0.4) is 0 Å². The van der Waals surface area contributed by atoms with Gasteiger partial charge in [-0.1, -0.05) is 11.6 Å². The number of rotatable bonds is 3. The molecule has 5 heteroatoms. The zero-order valence-corrected chi connectivity index (χ0v) is 11.2. The standard InChI is InChI=1S/C13H14ClN3O/c1-9-6-11(14)4-5-12(9)16-13(18)10(7-15)8-17(2)3/h4-6,8H,1-3H3,(H,16,18)/b10-8-. The Morgan fingerprint density at radius 3 is 2.67 bits per heavy atom. The van der Waals surface area contributed by atoms with Gasteiger partial charge in [0.15, 0.2) is 0 Å². The van der Waals surface area contributed by atoms with E-state index >= 15 is 0 Å². The Balaban J connectivity index is 2.91. The van der Waals surface area contributed by atoms with Crippen LogP contribution < -0.4 is 5.32 Å². The number of carbonyl (C=O) groups is 1. The summed E-state index contributed by atoms with van der Waals surface area (Å²) in [5.74, 6) is -0.434. The fourth-order valence-electron chi connectivity index (χ4n) is 1.35. The van der Waals surface area contributed by atoms with E-state index in [4.69, 9.17) is 16.9 Å². The van der Waals surface area contributed by atoms with Gasteiger partial charge >= 0.3 is 0 Å². The zero-order chi connectivity index (χ0) is 13.7. The molecule has 1 aromatic rings. The third-order valence-corrected chi connectivity index (χ3v) is 2.42. The van der Waals surface area contributed by atoms with Crippen LogP contribution in [0.4, 0.5) is 5.69 Å². The second-order valence-corrected chi connectivity index (χ2v) is 4.47. The molecule has 1 aromatic carbocycles. The fraction of sp³-hybridized carbons (Fsp3) is 0.231. The van der Waals surface area contributed by atoms with E-state index in [0.717, 1.165) is 5.56 Å². The third-order valence-electron chi connectivity index (χ3n) is 2.19. The highest BCUT2D eigenvalue weighted by molar-refractivity contribution is 6.30. The summed E-state index contributed by atoms with van der Waals surface area (Å²) in [7, 11) is 3.50. The van der Waals surface area contributed by atoms with Crippen LogP contribution in [0.25, 0.3) is 0 Å². The lowest BCUT2D eigenvalue weighted by atomic mass is 10.2. The lowest BCUT2D eigenvalue weighted by Crippen LogP contribution is -2.16. The molecule has 0 atom stereocenters. The summed E-state index contributed by atoms with van der Waals surface area (Å²) in [6, 6.07) is 7.01. The summed E-state index contributed by atoms with van der Waals surface area (Å²) in [4.78, 5) is 13.5. The summed E-state index contributed by atoms with van der Waals surface area (Å²) < 4.78 is 0. The molecular weight excluding hydrogens is 250 g/mol. The molecule has 0 saturated heterocycles. The minimum Gasteiger partial charge on any atom is -0.382 e. The van der Waals surface area contributed by atoms with E-state index in [0.29, 0.717) is 10.7 Å². The van der Waals surface area contributed by atoms with Crippen LogP contribution in [-0.2, 0) is 4.79 Å². The number of nitriles is 1. The van der Waals surface area contributed by atoms with Gasteiger partial charge in [0.2, 0.25) is 0 Å². The van der Waals surface area contributed by atoms with Crippen LogP contribution in [-0.4, -0.2) is 24.9 Å². The van der Waals surface area contributed by atoms with Gasteiger partial charge in [0.25, 0.3) is 5.91 Å². The molecule has 0 aliphatic heterocycles. The van der Waals surface area contributed by atoms with E-state index in [1.165, 1.54) is 6.20 Å². The maximum atomic E-state index is 11.9. The normalized spacial score (nSPS) is 10.7. The summed E-state index contributed by atoms with van der Waals surface area (Å²) in [5.41, 5.74) is 1.54. The molecule has 0 spiro atoms. The largest absolute Gasteiger partial charge is 0.382 e. The van der Waals surface area contributed by atoms with Gasteiger partial charge < -0.3 is 10.2 Å². The molecular formula is C13H14ClN3O. The number of nitrogens with one attached hydrogen (secondary N) is 1. The number of anilines is 1.